The minimum atomic E-state index is -0.271. The number of piperidine rings is 1. The van der Waals surface area contributed by atoms with Gasteiger partial charge < -0.3 is 19.2 Å². The minimum absolute atomic E-state index is 0.104. The predicted molar refractivity (Wildman–Crippen MR) is 105 cm³/mol. The monoisotopic (exact) mass is 382 g/mol. The summed E-state index contributed by atoms with van der Waals surface area (Å²) in [5, 5.41) is 1.28. The van der Waals surface area contributed by atoms with Crippen LogP contribution in [0.1, 0.15) is 30.6 Å². The van der Waals surface area contributed by atoms with Gasteiger partial charge in [-0.2, -0.15) is 0 Å². The number of H-pyrrole nitrogens is 1. The number of carbonyl (C=O) groups is 1. The first-order valence-electron chi connectivity index (χ1n) is 9.97. The lowest BCUT2D eigenvalue weighted by molar-refractivity contribution is -0.139. The van der Waals surface area contributed by atoms with Gasteiger partial charge in [-0.25, -0.2) is 4.79 Å². The molecule has 6 nitrogen and oxygen atoms in total. The van der Waals surface area contributed by atoms with Crippen LogP contribution in [-0.4, -0.2) is 49.3 Å². The van der Waals surface area contributed by atoms with Crippen molar-refractivity contribution in [3.05, 3.63) is 41.3 Å². The van der Waals surface area contributed by atoms with Gasteiger partial charge in [-0.15, -0.1) is 0 Å². The second-order valence-electron chi connectivity index (χ2n) is 8.10. The average molecular weight is 382 g/mol. The third-order valence-electron chi connectivity index (χ3n) is 6.84. The summed E-state index contributed by atoms with van der Waals surface area (Å²) in [7, 11) is 3.13. The van der Waals surface area contributed by atoms with Gasteiger partial charge in [0.25, 0.3) is 0 Å². The predicted octanol–water partition coefficient (Wildman–Crippen LogP) is 3.19. The summed E-state index contributed by atoms with van der Waals surface area (Å²) in [5.74, 6) is 1.05. The fourth-order valence-corrected chi connectivity index (χ4v) is 5.35. The number of carbonyl (C=O) groups excluding carboxylic acids is 1. The Morgan fingerprint density at radius 2 is 2.18 bits per heavy atom. The molecule has 2 aromatic rings. The zero-order valence-corrected chi connectivity index (χ0v) is 16.5. The van der Waals surface area contributed by atoms with E-state index in [0.717, 1.165) is 37.2 Å². The number of aromatic amines is 1. The first-order valence-corrected chi connectivity index (χ1v) is 9.97. The van der Waals surface area contributed by atoms with Crippen LogP contribution in [0.15, 0.2) is 30.0 Å². The van der Waals surface area contributed by atoms with E-state index in [1.807, 2.05) is 6.07 Å². The second kappa shape index (κ2) is 6.55. The van der Waals surface area contributed by atoms with Crippen molar-refractivity contribution in [1.29, 1.82) is 0 Å². The number of methoxy groups -OCH3 is 2. The van der Waals surface area contributed by atoms with Gasteiger partial charge in [-0.05, 0) is 37.5 Å². The van der Waals surface area contributed by atoms with Crippen molar-refractivity contribution in [2.75, 3.05) is 27.3 Å². The molecular formula is C22H26N2O4. The van der Waals surface area contributed by atoms with E-state index in [9.17, 15) is 4.79 Å². The van der Waals surface area contributed by atoms with E-state index in [1.165, 1.54) is 23.8 Å². The molecular weight excluding hydrogens is 356 g/mol. The van der Waals surface area contributed by atoms with Gasteiger partial charge in [0.1, 0.15) is 5.75 Å². The molecule has 0 bridgehead atoms. The SMILES string of the molecule is COC(=O)C1=CO[C@@H](C)[C@@H]2CN3CCc4c([nH]c5cc(OC)ccc45)[C@H]3C[C@H]12. The maximum atomic E-state index is 12.3. The van der Waals surface area contributed by atoms with Crippen molar-refractivity contribution in [2.45, 2.75) is 31.9 Å². The molecule has 0 aliphatic carbocycles. The molecule has 3 aliphatic heterocycles. The number of fused-ring (bicyclic) bond motifs is 6. The molecule has 1 aromatic carbocycles. The summed E-state index contributed by atoms with van der Waals surface area (Å²) < 4.78 is 16.2. The van der Waals surface area contributed by atoms with Gasteiger partial charge in [-0.3, -0.25) is 4.90 Å². The van der Waals surface area contributed by atoms with E-state index in [1.54, 1.807) is 13.4 Å². The summed E-state index contributed by atoms with van der Waals surface area (Å²) in [4.78, 5) is 18.6. The van der Waals surface area contributed by atoms with Crippen LogP contribution in [-0.2, 0) is 20.7 Å². The zero-order valence-electron chi connectivity index (χ0n) is 16.5. The highest BCUT2D eigenvalue weighted by atomic mass is 16.5. The van der Waals surface area contributed by atoms with Gasteiger partial charge in [0.2, 0.25) is 0 Å². The number of esters is 1. The Bertz CT molecular complexity index is 963. The summed E-state index contributed by atoms with van der Waals surface area (Å²) in [6.45, 7) is 4.07. The van der Waals surface area contributed by atoms with Crippen molar-refractivity contribution >= 4 is 16.9 Å². The summed E-state index contributed by atoms with van der Waals surface area (Å²) in [5.41, 5.74) is 4.49. The van der Waals surface area contributed by atoms with Crippen molar-refractivity contribution in [1.82, 2.24) is 9.88 Å². The van der Waals surface area contributed by atoms with Crippen LogP contribution in [0.4, 0.5) is 0 Å². The number of hydrogen-bond donors (Lipinski definition) is 1. The van der Waals surface area contributed by atoms with Gasteiger partial charge in [0.05, 0.1) is 38.2 Å². The lowest BCUT2D eigenvalue weighted by atomic mass is 9.72. The lowest BCUT2D eigenvalue weighted by Gasteiger charge is -2.49. The van der Waals surface area contributed by atoms with E-state index in [2.05, 4.69) is 28.9 Å². The van der Waals surface area contributed by atoms with Crippen molar-refractivity contribution in [3.63, 3.8) is 0 Å². The van der Waals surface area contributed by atoms with Crippen molar-refractivity contribution in [2.24, 2.45) is 11.8 Å². The Hall–Kier alpha value is -2.47. The molecule has 3 aliphatic rings. The Morgan fingerprint density at radius 3 is 2.96 bits per heavy atom. The Labute approximate surface area is 164 Å². The van der Waals surface area contributed by atoms with Crippen LogP contribution in [0.2, 0.25) is 0 Å². The van der Waals surface area contributed by atoms with Crippen LogP contribution < -0.4 is 4.74 Å². The fraction of sp³-hybridized carbons (Fsp3) is 0.500. The molecule has 1 fully saturated rings. The van der Waals surface area contributed by atoms with E-state index in [4.69, 9.17) is 14.2 Å². The summed E-state index contributed by atoms with van der Waals surface area (Å²) in [6, 6.07) is 6.53. The van der Waals surface area contributed by atoms with Crippen molar-refractivity contribution < 1.29 is 19.0 Å². The highest BCUT2D eigenvalue weighted by Crippen LogP contribution is 2.47. The zero-order chi connectivity index (χ0) is 19.4. The molecule has 0 amide bonds. The smallest absolute Gasteiger partial charge is 0.337 e. The molecule has 28 heavy (non-hydrogen) atoms. The third-order valence-corrected chi connectivity index (χ3v) is 6.84. The summed E-state index contributed by atoms with van der Waals surface area (Å²) >= 11 is 0. The Kier molecular flexibility index (Phi) is 4.12. The molecule has 0 spiro atoms. The maximum Gasteiger partial charge on any atom is 0.337 e. The molecule has 0 saturated carbocycles. The molecule has 6 heteroatoms. The standard InChI is InChI=1S/C22H26N2O4/c1-12-17-10-24-7-6-15-14-5-4-13(26-2)8-19(14)23-21(15)20(24)9-16(17)18(11-28-12)22(25)27-3/h4-5,8,11-12,16-17,20,23H,6-7,9-10H2,1-3H3/t12-,16-,17-,20+/m0/s1. The molecule has 5 rings (SSSR count). The molecule has 4 heterocycles. The molecule has 1 aromatic heterocycles. The largest absolute Gasteiger partial charge is 0.497 e. The molecule has 148 valence electrons. The molecule has 1 saturated heterocycles. The lowest BCUT2D eigenvalue weighted by Crippen LogP contribution is -2.51. The number of rotatable bonds is 2. The summed E-state index contributed by atoms with van der Waals surface area (Å²) in [6.07, 6.45) is 3.67. The van der Waals surface area contributed by atoms with E-state index in [-0.39, 0.29) is 24.0 Å². The van der Waals surface area contributed by atoms with Gasteiger partial charge in [0.15, 0.2) is 0 Å². The van der Waals surface area contributed by atoms with Crippen LogP contribution in [0.3, 0.4) is 0 Å². The third kappa shape index (κ3) is 2.54. The Balaban J connectivity index is 1.54. The van der Waals surface area contributed by atoms with E-state index >= 15 is 0 Å². The molecule has 1 N–H and O–H groups in total. The van der Waals surface area contributed by atoms with E-state index in [0.29, 0.717) is 11.5 Å². The van der Waals surface area contributed by atoms with Crippen LogP contribution >= 0.6 is 0 Å². The topological polar surface area (TPSA) is 63.8 Å². The van der Waals surface area contributed by atoms with Gasteiger partial charge >= 0.3 is 5.97 Å². The van der Waals surface area contributed by atoms with Crippen LogP contribution in [0.5, 0.6) is 5.75 Å². The fourth-order valence-electron chi connectivity index (χ4n) is 5.35. The quantitative estimate of drug-likeness (QED) is 0.809. The molecule has 0 unspecified atom stereocenters. The van der Waals surface area contributed by atoms with Gasteiger partial charge in [0, 0.05) is 47.6 Å². The maximum absolute atomic E-state index is 12.3. The Morgan fingerprint density at radius 1 is 1.32 bits per heavy atom. The number of aromatic nitrogens is 1. The van der Waals surface area contributed by atoms with E-state index < -0.39 is 0 Å². The molecule has 0 radical (unpaired) electrons. The normalized spacial score (nSPS) is 29.2. The van der Waals surface area contributed by atoms with Crippen LogP contribution in [0, 0.1) is 11.8 Å². The molecule has 4 atom stereocenters. The highest BCUT2D eigenvalue weighted by molar-refractivity contribution is 5.89. The average Bonchev–Trinajstić information content (AvgIpc) is 3.10. The first-order chi connectivity index (χ1) is 13.6. The number of nitrogens with zero attached hydrogens (tertiary/aromatic N) is 1. The highest BCUT2D eigenvalue weighted by Gasteiger charge is 2.46. The minimum Gasteiger partial charge on any atom is -0.497 e. The second-order valence-corrected chi connectivity index (χ2v) is 8.10. The van der Waals surface area contributed by atoms with Crippen molar-refractivity contribution in [3.8, 4) is 5.75 Å². The van der Waals surface area contributed by atoms with Crippen LogP contribution in [0.25, 0.3) is 10.9 Å². The first kappa shape index (κ1) is 17.6. The van der Waals surface area contributed by atoms with Gasteiger partial charge in [-0.1, -0.05) is 0 Å². The number of hydrogen-bond acceptors (Lipinski definition) is 5. The number of benzene rings is 1. The number of nitrogens with one attached hydrogen (secondary N) is 1. The number of ether oxygens (including phenoxy) is 3.